The van der Waals surface area contributed by atoms with Crippen LogP contribution >= 0.6 is 15.9 Å². The maximum Gasteiger partial charge on any atom is 0.273 e. The normalized spacial score (nSPS) is 18.4. The van der Waals surface area contributed by atoms with Crippen LogP contribution in [0, 0.1) is 11.6 Å². The fourth-order valence-corrected chi connectivity index (χ4v) is 4.50. The molecular weight excluding hydrogens is 474 g/mol. The number of nitrogens with two attached hydrogens (primary N) is 1. The van der Waals surface area contributed by atoms with Gasteiger partial charge in [0.15, 0.2) is 0 Å². The zero-order chi connectivity index (χ0) is 21.7. The molecule has 2 aliphatic rings. The molecule has 10 heteroatoms. The summed E-state index contributed by atoms with van der Waals surface area (Å²) < 4.78 is 40.4. The van der Waals surface area contributed by atoms with Crippen molar-refractivity contribution in [2.45, 2.75) is 19.3 Å². The monoisotopic (exact) mass is 490 g/mol. The van der Waals surface area contributed by atoms with E-state index in [4.69, 9.17) is 15.2 Å². The van der Waals surface area contributed by atoms with E-state index in [0.29, 0.717) is 24.5 Å². The number of rotatable bonds is 2. The first-order chi connectivity index (χ1) is 14.9. The molecule has 1 aromatic carbocycles. The third kappa shape index (κ3) is 3.44. The molecule has 160 valence electrons. The minimum Gasteiger partial charge on any atom is -0.383 e. The SMILES string of the molecule is Nc1nc2cnc(C(=O)N3CCOC[C@H]3c3c(F)cc(Br)cc3F)cc2c2c1COC2. The fraction of sp³-hybridized carbons (Fsp3) is 0.286. The highest BCUT2D eigenvalue weighted by Crippen LogP contribution is 2.34. The standard InChI is InChI=1S/C21H17BrF2N4O3/c22-10-3-14(23)19(15(24)4-10)18-9-30-2-1-28(18)21(29)16-5-11-12-7-31-8-13(12)20(25)27-17(11)6-26-16/h3-6,18H,1-2,7-9H2,(H2,25,27)/t18-/m0/s1. The predicted octanol–water partition coefficient (Wildman–Crippen LogP) is 3.50. The maximum atomic E-state index is 14.6. The molecule has 7 nitrogen and oxygen atoms in total. The van der Waals surface area contributed by atoms with E-state index in [1.807, 2.05) is 0 Å². The van der Waals surface area contributed by atoms with Crippen molar-refractivity contribution in [1.29, 1.82) is 0 Å². The Morgan fingerprint density at radius 2 is 1.90 bits per heavy atom. The Kier molecular flexibility index (Phi) is 5.07. The first-order valence-electron chi connectivity index (χ1n) is 9.62. The third-order valence-corrected chi connectivity index (χ3v) is 6.06. The van der Waals surface area contributed by atoms with E-state index in [1.165, 1.54) is 23.2 Å². The Morgan fingerprint density at radius 1 is 1.16 bits per heavy atom. The number of carbonyl (C=O) groups is 1. The van der Waals surface area contributed by atoms with Gasteiger partial charge in [0.25, 0.3) is 5.91 Å². The number of amides is 1. The van der Waals surface area contributed by atoms with Crippen LogP contribution in [0.4, 0.5) is 14.6 Å². The van der Waals surface area contributed by atoms with Crippen molar-refractivity contribution >= 4 is 38.6 Å². The number of hydrogen-bond acceptors (Lipinski definition) is 6. The topological polar surface area (TPSA) is 90.6 Å². The highest BCUT2D eigenvalue weighted by molar-refractivity contribution is 9.10. The van der Waals surface area contributed by atoms with Crippen LogP contribution in [0.5, 0.6) is 0 Å². The van der Waals surface area contributed by atoms with Crippen molar-refractivity contribution in [2.24, 2.45) is 0 Å². The lowest BCUT2D eigenvalue weighted by molar-refractivity contribution is -0.00494. The number of halogens is 3. The Balaban J connectivity index is 1.56. The number of ether oxygens (including phenoxy) is 2. The summed E-state index contributed by atoms with van der Waals surface area (Å²) in [5.74, 6) is -1.56. The quantitative estimate of drug-likeness (QED) is 0.591. The Bertz CT molecular complexity index is 1200. The summed E-state index contributed by atoms with van der Waals surface area (Å²) >= 11 is 3.08. The lowest BCUT2D eigenvalue weighted by Gasteiger charge is -2.36. The fourth-order valence-electron chi connectivity index (χ4n) is 4.10. The molecule has 1 atom stereocenters. The summed E-state index contributed by atoms with van der Waals surface area (Å²) in [6.45, 7) is 1.15. The summed E-state index contributed by atoms with van der Waals surface area (Å²) in [4.78, 5) is 23.3. The first kappa shape index (κ1) is 20.2. The number of hydrogen-bond donors (Lipinski definition) is 1. The molecular formula is C21H17BrF2N4O3. The molecule has 31 heavy (non-hydrogen) atoms. The summed E-state index contributed by atoms with van der Waals surface area (Å²) in [5.41, 5.74) is 8.18. The van der Waals surface area contributed by atoms with Crippen molar-refractivity contribution < 1.29 is 23.0 Å². The van der Waals surface area contributed by atoms with Gasteiger partial charge < -0.3 is 20.1 Å². The first-order valence-corrected chi connectivity index (χ1v) is 10.4. The van der Waals surface area contributed by atoms with Crippen molar-refractivity contribution in [2.75, 3.05) is 25.5 Å². The van der Waals surface area contributed by atoms with E-state index >= 15 is 0 Å². The van der Waals surface area contributed by atoms with Gasteiger partial charge in [-0.05, 0) is 23.8 Å². The van der Waals surface area contributed by atoms with Crippen molar-refractivity contribution in [3.63, 3.8) is 0 Å². The average molecular weight is 491 g/mol. The van der Waals surface area contributed by atoms with Crippen LogP contribution in [0.1, 0.15) is 33.2 Å². The molecule has 0 radical (unpaired) electrons. The predicted molar refractivity (Wildman–Crippen MR) is 111 cm³/mol. The van der Waals surface area contributed by atoms with Gasteiger partial charge in [-0.15, -0.1) is 0 Å². The van der Waals surface area contributed by atoms with Crippen LogP contribution in [0.3, 0.4) is 0 Å². The summed E-state index contributed by atoms with van der Waals surface area (Å²) in [7, 11) is 0. The van der Waals surface area contributed by atoms with Gasteiger partial charge in [0.2, 0.25) is 0 Å². The van der Waals surface area contributed by atoms with Crippen molar-refractivity contribution in [1.82, 2.24) is 14.9 Å². The molecule has 1 amide bonds. The molecule has 1 saturated heterocycles. The van der Waals surface area contributed by atoms with Crippen LogP contribution < -0.4 is 5.73 Å². The van der Waals surface area contributed by atoms with Crippen LogP contribution in [0.15, 0.2) is 28.9 Å². The summed E-state index contributed by atoms with van der Waals surface area (Å²) in [6, 6.07) is 3.07. The highest BCUT2D eigenvalue weighted by atomic mass is 79.9. The average Bonchev–Trinajstić information content (AvgIpc) is 3.24. The lowest BCUT2D eigenvalue weighted by atomic mass is 10.0. The van der Waals surface area contributed by atoms with E-state index in [2.05, 4.69) is 25.9 Å². The Morgan fingerprint density at radius 3 is 2.68 bits per heavy atom. The number of anilines is 1. The third-order valence-electron chi connectivity index (χ3n) is 5.60. The van der Waals surface area contributed by atoms with Gasteiger partial charge in [-0.2, -0.15) is 0 Å². The number of carbonyl (C=O) groups excluding carboxylic acids is 1. The van der Waals surface area contributed by atoms with E-state index in [9.17, 15) is 13.6 Å². The molecule has 0 unspecified atom stereocenters. The lowest BCUT2D eigenvalue weighted by Crippen LogP contribution is -2.44. The second-order valence-corrected chi connectivity index (χ2v) is 8.32. The molecule has 2 aliphatic heterocycles. The van der Waals surface area contributed by atoms with Gasteiger partial charge in [-0.3, -0.25) is 4.79 Å². The van der Waals surface area contributed by atoms with Crippen LogP contribution in [0.2, 0.25) is 0 Å². The van der Waals surface area contributed by atoms with Gasteiger partial charge in [0, 0.05) is 27.5 Å². The van der Waals surface area contributed by atoms with E-state index < -0.39 is 23.6 Å². The number of benzene rings is 1. The molecule has 0 bridgehead atoms. The number of fused-ring (bicyclic) bond motifs is 3. The summed E-state index contributed by atoms with van der Waals surface area (Å²) in [5, 5.41) is 0.728. The van der Waals surface area contributed by atoms with Crippen LogP contribution in [-0.2, 0) is 22.7 Å². The molecule has 2 aromatic heterocycles. The molecule has 2 N–H and O–H groups in total. The van der Waals surface area contributed by atoms with Crippen LogP contribution in [-0.4, -0.2) is 40.5 Å². The molecule has 1 fully saturated rings. The molecule has 5 rings (SSSR count). The number of pyridine rings is 2. The Labute approximate surface area is 184 Å². The van der Waals surface area contributed by atoms with Gasteiger partial charge in [0.05, 0.1) is 44.2 Å². The number of aromatic nitrogens is 2. The smallest absolute Gasteiger partial charge is 0.273 e. The molecule has 3 aromatic rings. The summed E-state index contributed by atoms with van der Waals surface area (Å²) in [6.07, 6.45) is 1.48. The van der Waals surface area contributed by atoms with Crippen LogP contribution in [0.25, 0.3) is 10.9 Å². The van der Waals surface area contributed by atoms with E-state index in [-0.39, 0.29) is 35.5 Å². The van der Waals surface area contributed by atoms with Gasteiger partial charge >= 0.3 is 0 Å². The number of morpholine rings is 1. The molecule has 0 spiro atoms. The number of nitrogen functional groups attached to an aromatic ring is 1. The van der Waals surface area contributed by atoms with E-state index in [0.717, 1.165) is 16.5 Å². The highest BCUT2D eigenvalue weighted by Gasteiger charge is 2.34. The molecule has 0 saturated carbocycles. The second-order valence-electron chi connectivity index (χ2n) is 7.41. The van der Waals surface area contributed by atoms with Gasteiger partial charge in [0.1, 0.15) is 23.1 Å². The van der Waals surface area contributed by atoms with Gasteiger partial charge in [-0.1, -0.05) is 15.9 Å². The zero-order valence-electron chi connectivity index (χ0n) is 16.2. The van der Waals surface area contributed by atoms with E-state index in [1.54, 1.807) is 6.07 Å². The van der Waals surface area contributed by atoms with Crippen molar-refractivity contribution in [3.8, 4) is 0 Å². The molecule has 0 aliphatic carbocycles. The number of nitrogens with zero attached hydrogens (tertiary/aromatic N) is 3. The van der Waals surface area contributed by atoms with Crippen molar-refractivity contribution in [3.05, 3.63) is 62.9 Å². The largest absolute Gasteiger partial charge is 0.383 e. The Hall–Kier alpha value is -2.69. The van der Waals surface area contributed by atoms with Gasteiger partial charge in [-0.25, -0.2) is 18.7 Å². The minimum absolute atomic E-state index is 0.0177. The maximum absolute atomic E-state index is 14.6. The second kappa shape index (κ2) is 7.77. The minimum atomic E-state index is -0.912. The zero-order valence-corrected chi connectivity index (χ0v) is 17.8. The molecule has 4 heterocycles.